The molecule has 1 aliphatic rings. The van der Waals surface area contributed by atoms with Crippen molar-refractivity contribution in [2.75, 3.05) is 13.2 Å². The van der Waals surface area contributed by atoms with Crippen LogP contribution in [0.4, 0.5) is 0 Å². The Balaban J connectivity index is 2.07. The van der Waals surface area contributed by atoms with Gasteiger partial charge in [-0.15, -0.1) is 0 Å². The molecule has 0 saturated carbocycles. The summed E-state index contributed by atoms with van der Waals surface area (Å²) in [7, 11) is 0. The summed E-state index contributed by atoms with van der Waals surface area (Å²) in [6.07, 6.45) is 4.53. The molecule has 1 aromatic rings. The molecule has 4 nitrogen and oxygen atoms in total. The van der Waals surface area contributed by atoms with E-state index in [0.717, 1.165) is 17.6 Å². The number of hydrogen-bond donors (Lipinski definition) is 0. The number of carbonyl (C=O) groups excluding carboxylic acids is 2. The van der Waals surface area contributed by atoms with Gasteiger partial charge in [0.15, 0.2) is 0 Å². The van der Waals surface area contributed by atoms with Crippen LogP contribution in [0, 0.1) is 0 Å². The zero-order valence-electron chi connectivity index (χ0n) is 13.7. The third-order valence-electron chi connectivity index (χ3n) is 3.18. The number of rotatable bonds is 6. The predicted octanol–water partition coefficient (Wildman–Crippen LogP) is 3.79. The zero-order valence-corrected chi connectivity index (χ0v) is 15.3. The fourth-order valence-electron chi connectivity index (χ4n) is 2.09. The summed E-state index contributed by atoms with van der Waals surface area (Å²) >= 11 is 6.41. The average molecular weight is 361 g/mol. The molecule has 0 aromatic heterocycles. The van der Waals surface area contributed by atoms with Gasteiger partial charge in [0.1, 0.15) is 10.9 Å². The van der Waals surface area contributed by atoms with Crippen LogP contribution in [0.2, 0.25) is 0 Å². The van der Waals surface area contributed by atoms with Gasteiger partial charge in [-0.1, -0.05) is 67.3 Å². The Hall–Kier alpha value is -1.92. The number of esters is 1. The van der Waals surface area contributed by atoms with E-state index in [1.165, 1.54) is 16.7 Å². The Morgan fingerprint density at radius 2 is 2.04 bits per heavy atom. The fourth-order valence-corrected chi connectivity index (χ4v) is 3.39. The molecule has 0 spiro atoms. The molecule has 1 heterocycles. The van der Waals surface area contributed by atoms with Crippen molar-refractivity contribution >= 4 is 46.3 Å². The first kappa shape index (κ1) is 18.4. The van der Waals surface area contributed by atoms with Gasteiger partial charge in [-0.05, 0) is 30.6 Å². The smallest absolute Gasteiger partial charge is 0.326 e. The van der Waals surface area contributed by atoms with Crippen LogP contribution in [0.15, 0.2) is 46.9 Å². The van der Waals surface area contributed by atoms with E-state index in [2.05, 4.69) is 0 Å². The molecule has 0 N–H and O–H groups in total. The van der Waals surface area contributed by atoms with E-state index in [-0.39, 0.29) is 12.5 Å². The molecule has 1 amide bonds. The minimum absolute atomic E-state index is 0.135. The van der Waals surface area contributed by atoms with Gasteiger partial charge in [0.05, 0.1) is 11.5 Å². The Morgan fingerprint density at radius 1 is 1.33 bits per heavy atom. The molecule has 0 aliphatic carbocycles. The molecular formula is C18H19NO3S2. The van der Waals surface area contributed by atoms with Crippen molar-refractivity contribution in [1.29, 1.82) is 0 Å². The molecule has 126 valence electrons. The maximum Gasteiger partial charge on any atom is 0.326 e. The lowest BCUT2D eigenvalue weighted by molar-refractivity contribution is -0.146. The largest absolute Gasteiger partial charge is 0.464 e. The van der Waals surface area contributed by atoms with E-state index >= 15 is 0 Å². The van der Waals surface area contributed by atoms with Gasteiger partial charge in [-0.2, -0.15) is 0 Å². The van der Waals surface area contributed by atoms with Gasteiger partial charge in [-0.3, -0.25) is 14.5 Å². The summed E-state index contributed by atoms with van der Waals surface area (Å²) < 4.78 is 5.39. The van der Waals surface area contributed by atoms with E-state index in [9.17, 15) is 9.59 Å². The molecule has 0 bridgehead atoms. The molecule has 1 fully saturated rings. The Kier molecular flexibility index (Phi) is 6.75. The van der Waals surface area contributed by atoms with Crippen molar-refractivity contribution in [2.24, 2.45) is 0 Å². The van der Waals surface area contributed by atoms with Gasteiger partial charge >= 0.3 is 5.97 Å². The van der Waals surface area contributed by atoms with Crippen molar-refractivity contribution in [3.63, 3.8) is 0 Å². The van der Waals surface area contributed by atoms with Gasteiger partial charge in [0.2, 0.25) is 0 Å². The van der Waals surface area contributed by atoms with Crippen LogP contribution < -0.4 is 0 Å². The van der Waals surface area contributed by atoms with Crippen molar-refractivity contribution in [1.82, 2.24) is 4.90 Å². The molecule has 0 atom stereocenters. The van der Waals surface area contributed by atoms with E-state index in [1.807, 2.05) is 50.3 Å². The molecule has 0 radical (unpaired) electrons. The normalized spacial score (nSPS) is 16.8. The van der Waals surface area contributed by atoms with Gasteiger partial charge in [-0.25, -0.2) is 0 Å². The van der Waals surface area contributed by atoms with Crippen molar-refractivity contribution < 1.29 is 14.3 Å². The number of thiocarbonyl (C=S) groups is 1. The maximum atomic E-state index is 12.4. The van der Waals surface area contributed by atoms with E-state index in [4.69, 9.17) is 17.0 Å². The molecule has 24 heavy (non-hydrogen) atoms. The summed E-state index contributed by atoms with van der Waals surface area (Å²) in [4.78, 5) is 25.9. The van der Waals surface area contributed by atoms with Gasteiger partial charge in [0, 0.05) is 0 Å². The minimum Gasteiger partial charge on any atom is -0.464 e. The molecular weight excluding hydrogens is 342 g/mol. The Labute approximate surface area is 151 Å². The summed E-state index contributed by atoms with van der Waals surface area (Å²) in [5.41, 5.74) is 2.00. The number of amides is 1. The van der Waals surface area contributed by atoms with Crippen molar-refractivity contribution in [2.45, 2.75) is 20.3 Å². The number of ether oxygens (including phenoxy) is 1. The second-order valence-electron chi connectivity index (χ2n) is 5.29. The monoisotopic (exact) mass is 361 g/mol. The highest BCUT2D eigenvalue weighted by Crippen LogP contribution is 2.31. The predicted molar refractivity (Wildman–Crippen MR) is 101 cm³/mol. The summed E-state index contributed by atoms with van der Waals surface area (Å²) in [5.74, 6) is -0.690. The first-order valence-corrected chi connectivity index (χ1v) is 8.88. The van der Waals surface area contributed by atoms with Gasteiger partial charge in [0.25, 0.3) is 5.91 Å². The van der Waals surface area contributed by atoms with Crippen LogP contribution in [-0.4, -0.2) is 34.2 Å². The van der Waals surface area contributed by atoms with Crippen molar-refractivity contribution in [3.05, 3.63) is 52.4 Å². The minimum atomic E-state index is -0.439. The van der Waals surface area contributed by atoms with E-state index < -0.39 is 5.97 Å². The molecule has 0 unspecified atom stereocenters. The van der Waals surface area contributed by atoms with Crippen LogP contribution >= 0.6 is 24.0 Å². The number of carbonyl (C=O) groups is 2. The van der Waals surface area contributed by atoms with E-state index in [1.54, 1.807) is 6.08 Å². The average Bonchev–Trinajstić information content (AvgIpc) is 2.81. The second kappa shape index (κ2) is 8.80. The number of allylic oxidation sites excluding steroid dienone is 2. The zero-order chi connectivity index (χ0) is 17.5. The highest BCUT2D eigenvalue weighted by atomic mass is 32.2. The number of thioether (sulfide) groups is 1. The van der Waals surface area contributed by atoms with Crippen LogP contribution in [0.5, 0.6) is 0 Å². The summed E-state index contributed by atoms with van der Waals surface area (Å²) in [6, 6.07) is 9.86. The SMILES string of the molecule is CCCOC(=O)CN1C(=O)/C(=C/C(C)=C/c2ccccc2)SC1=S. The molecule has 2 rings (SSSR count). The lowest BCUT2D eigenvalue weighted by atomic mass is 10.1. The number of benzene rings is 1. The van der Waals surface area contributed by atoms with Gasteiger partial charge < -0.3 is 4.74 Å². The third kappa shape index (κ3) is 5.04. The first-order chi connectivity index (χ1) is 11.5. The fraction of sp³-hybridized carbons (Fsp3) is 0.278. The summed E-state index contributed by atoms with van der Waals surface area (Å²) in [6.45, 7) is 4.05. The van der Waals surface area contributed by atoms with Crippen LogP contribution in [-0.2, 0) is 14.3 Å². The van der Waals surface area contributed by atoms with Crippen LogP contribution in [0.3, 0.4) is 0 Å². The molecule has 6 heteroatoms. The Morgan fingerprint density at radius 3 is 2.71 bits per heavy atom. The lowest BCUT2D eigenvalue weighted by Crippen LogP contribution is -2.34. The van der Waals surface area contributed by atoms with E-state index in [0.29, 0.717) is 15.8 Å². The summed E-state index contributed by atoms with van der Waals surface area (Å²) in [5, 5.41) is 0. The topological polar surface area (TPSA) is 46.6 Å². The second-order valence-corrected chi connectivity index (χ2v) is 6.96. The van der Waals surface area contributed by atoms with Crippen LogP contribution in [0.1, 0.15) is 25.8 Å². The Bertz CT molecular complexity index is 695. The third-order valence-corrected chi connectivity index (χ3v) is 4.56. The highest BCUT2D eigenvalue weighted by molar-refractivity contribution is 8.26. The number of nitrogens with zero attached hydrogens (tertiary/aromatic N) is 1. The quantitative estimate of drug-likeness (QED) is 0.438. The molecule has 1 saturated heterocycles. The lowest BCUT2D eigenvalue weighted by Gasteiger charge is -2.13. The number of hydrogen-bond acceptors (Lipinski definition) is 5. The van der Waals surface area contributed by atoms with Crippen molar-refractivity contribution in [3.8, 4) is 0 Å². The van der Waals surface area contributed by atoms with Crippen LogP contribution in [0.25, 0.3) is 6.08 Å². The standard InChI is InChI=1S/C18H19NO3S2/c1-3-9-22-16(20)12-19-17(21)15(24-18(19)23)11-13(2)10-14-7-5-4-6-8-14/h4-8,10-11H,3,9,12H2,1-2H3/b13-10+,15-11-. The highest BCUT2D eigenvalue weighted by Gasteiger charge is 2.33. The molecule has 1 aliphatic heterocycles. The maximum absolute atomic E-state index is 12.4. The first-order valence-electron chi connectivity index (χ1n) is 7.65. The molecule has 1 aromatic carbocycles.